The molecule has 0 aliphatic rings. The molecule has 0 saturated heterocycles. The van der Waals surface area contributed by atoms with Crippen molar-refractivity contribution in [1.82, 2.24) is 5.32 Å². The van der Waals surface area contributed by atoms with Gasteiger partial charge in [0.15, 0.2) is 0 Å². The maximum atomic E-state index is 11.8. The summed E-state index contributed by atoms with van der Waals surface area (Å²) < 4.78 is 0. The van der Waals surface area contributed by atoms with Gasteiger partial charge in [0.2, 0.25) is 5.91 Å². The fraction of sp³-hybridized carbons (Fsp3) is 0.818. The lowest BCUT2D eigenvalue weighted by Crippen LogP contribution is -2.45. The van der Waals surface area contributed by atoms with Crippen LogP contribution < -0.4 is 11.1 Å². The van der Waals surface area contributed by atoms with Crippen molar-refractivity contribution >= 4 is 11.9 Å². The number of carboxylic acid groups (broad SMARTS) is 1. The molecule has 0 aromatic carbocycles. The molecular formula is C11H22N2O4. The summed E-state index contributed by atoms with van der Waals surface area (Å²) in [5, 5.41) is 19.9. The van der Waals surface area contributed by atoms with E-state index in [9.17, 15) is 9.59 Å². The van der Waals surface area contributed by atoms with E-state index in [1.165, 1.54) is 0 Å². The Morgan fingerprint density at radius 2 is 1.94 bits per heavy atom. The first kappa shape index (κ1) is 15.9. The van der Waals surface area contributed by atoms with E-state index < -0.39 is 12.0 Å². The first-order valence-corrected chi connectivity index (χ1v) is 5.76. The summed E-state index contributed by atoms with van der Waals surface area (Å²) in [7, 11) is 0. The molecule has 1 amide bonds. The maximum absolute atomic E-state index is 11.8. The summed E-state index contributed by atoms with van der Waals surface area (Å²) in [4.78, 5) is 22.6. The van der Waals surface area contributed by atoms with Gasteiger partial charge in [-0.25, -0.2) is 4.79 Å². The van der Waals surface area contributed by atoms with Crippen LogP contribution in [0, 0.1) is 11.8 Å². The van der Waals surface area contributed by atoms with Gasteiger partial charge in [0.1, 0.15) is 6.04 Å². The van der Waals surface area contributed by atoms with Gasteiger partial charge in [-0.3, -0.25) is 4.79 Å². The lowest BCUT2D eigenvalue weighted by molar-refractivity contribution is -0.143. The molecule has 100 valence electrons. The first-order chi connectivity index (χ1) is 7.92. The molecule has 0 rings (SSSR count). The molecule has 1 unspecified atom stereocenters. The first-order valence-electron chi connectivity index (χ1n) is 5.76. The lowest BCUT2D eigenvalue weighted by Gasteiger charge is -2.20. The van der Waals surface area contributed by atoms with Crippen molar-refractivity contribution in [3.8, 4) is 0 Å². The van der Waals surface area contributed by atoms with Crippen LogP contribution in [-0.2, 0) is 9.59 Å². The van der Waals surface area contributed by atoms with Gasteiger partial charge in [0.25, 0.3) is 0 Å². The maximum Gasteiger partial charge on any atom is 0.326 e. The fourth-order valence-corrected chi connectivity index (χ4v) is 1.56. The van der Waals surface area contributed by atoms with Crippen molar-refractivity contribution in [2.75, 3.05) is 13.2 Å². The second-order valence-corrected chi connectivity index (χ2v) is 4.47. The van der Waals surface area contributed by atoms with Crippen LogP contribution in [0.4, 0.5) is 0 Å². The monoisotopic (exact) mass is 246 g/mol. The van der Waals surface area contributed by atoms with Crippen molar-refractivity contribution in [2.24, 2.45) is 17.6 Å². The number of aliphatic carboxylic acids is 1. The highest BCUT2D eigenvalue weighted by molar-refractivity contribution is 5.85. The quantitative estimate of drug-likeness (QED) is 0.464. The zero-order valence-corrected chi connectivity index (χ0v) is 10.3. The molecule has 0 saturated carbocycles. The average Bonchev–Trinajstić information content (AvgIpc) is 2.24. The molecule has 5 N–H and O–H groups in total. The molecule has 17 heavy (non-hydrogen) atoms. The van der Waals surface area contributed by atoms with Gasteiger partial charge < -0.3 is 21.3 Å². The molecule has 0 aliphatic heterocycles. The summed E-state index contributed by atoms with van der Waals surface area (Å²) >= 11 is 0. The van der Waals surface area contributed by atoms with Crippen LogP contribution >= 0.6 is 0 Å². The normalized spacial score (nSPS) is 14.4. The average molecular weight is 246 g/mol. The van der Waals surface area contributed by atoms with Crippen LogP contribution in [0.3, 0.4) is 0 Å². The number of amides is 1. The van der Waals surface area contributed by atoms with Crippen molar-refractivity contribution in [3.63, 3.8) is 0 Å². The minimum atomic E-state index is -1.15. The molecule has 6 heteroatoms. The van der Waals surface area contributed by atoms with Crippen LogP contribution in [0.1, 0.15) is 26.7 Å². The highest BCUT2D eigenvalue weighted by Gasteiger charge is 2.24. The van der Waals surface area contributed by atoms with E-state index in [2.05, 4.69) is 5.32 Å². The molecule has 0 aromatic rings. The third-order valence-electron chi connectivity index (χ3n) is 2.44. The number of carbonyl (C=O) groups is 2. The Kier molecular flexibility index (Phi) is 7.49. The Balaban J connectivity index is 4.40. The Hall–Kier alpha value is -1.14. The number of carbonyl (C=O) groups excluding carboxylic acids is 1. The molecule has 0 bridgehead atoms. The molecule has 0 heterocycles. The van der Waals surface area contributed by atoms with Gasteiger partial charge >= 0.3 is 5.97 Å². The van der Waals surface area contributed by atoms with E-state index >= 15 is 0 Å². The third kappa shape index (κ3) is 6.23. The van der Waals surface area contributed by atoms with Crippen LogP contribution in [0.25, 0.3) is 0 Å². The minimum absolute atomic E-state index is 0.0000430. The number of nitrogens with one attached hydrogen (secondary N) is 1. The van der Waals surface area contributed by atoms with E-state index in [0.29, 0.717) is 12.3 Å². The second kappa shape index (κ2) is 8.03. The Bertz CT molecular complexity index is 256. The summed E-state index contributed by atoms with van der Waals surface area (Å²) in [6.07, 6.45) is 0.619. The number of hydrogen-bond donors (Lipinski definition) is 4. The molecule has 2 atom stereocenters. The number of nitrogens with two attached hydrogens (primary N) is 1. The number of rotatable bonds is 8. The molecule has 0 radical (unpaired) electrons. The number of aliphatic hydroxyl groups excluding tert-OH is 1. The van der Waals surface area contributed by atoms with Crippen molar-refractivity contribution in [3.05, 3.63) is 0 Å². The standard InChI is InChI=1S/C11H22N2O4/c1-7(2)5-8(6-12)10(15)13-9(3-4-14)11(16)17/h7-9,14H,3-6,12H2,1-2H3,(H,13,15)(H,16,17)/t8?,9-/m0/s1. The Labute approximate surface area is 101 Å². The van der Waals surface area contributed by atoms with E-state index in [1.807, 2.05) is 13.8 Å². The smallest absolute Gasteiger partial charge is 0.326 e. The van der Waals surface area contributed by atoms with Gasteiger partial charge in [-0.1, -0.05) is 13.8 Å². The van der Waals surface area contributed by atoms with Gasteiger partial charge in [0.05, 0.1) is 5.92 Å². The number of aliphatic hydroxyl groups is 1. The van der Waals surface area contributed by atoms with Crippen LogP contribution in [0.2, 0.25) is 0 Å². The van der Waals surface area contributed by atoms with E-state index in [4.69, 9.17) is 15.9 Å². The highest BCUT2D eigenvalue weighted by atomic mass is 16.4. The van der Waals surface area contributed by atoms with E-state index in [1.54, 1.807) is 0 Å². The molecule has 6 nitrogen and oxygen atoms in total. The summed E-state index contributed by atoms with van der Waals surface area (Å²) in [5.74, 6) is -1.57. The number of carboxylic acids is 1. The van der Waals surface area contributed by atoms with Crippen LogP contribution in [-0.4, -0.2) is 41.3 Å². The van der Waals surface area contributed by atoms with Gasteiger partial charge in [0, 0.05) is 19.6 Å². The zero-order valence-electron chi connectivity index (χ0n) is 10.3. The van der Waals surface area contributed by atoms with Gasteiger partial charge in [-0.2, -0.15) is 0 Å². The van der Waals surface area contributed by atoms with Crippen LogP contribution in [0.5, 0.6) is 0 Å². The number of hydrogen-bond acceptors (Lipinski definition) is 4. The van der Waals surface area contributed by atoms with E-state index in [-0.39, 0.29) is 31.4 Å². The molecule has 0 spiro atoms. The highest BCUT2D eigenvalue weighted by Crippen LogP contribution is 2.11. The topological polar surface area (TPSA) is 113 Å². The van der Waals surface area contributed by atoms with Gasteiger partial charge in [-0.05, 0) is 12.3 Å². The Morgan fingerprint density at radius 3 is 2.29 bits per heavy atom. The second-order valence-electron chi connectivity index (χ2n) is 4.47. The van der Waals surface area contributed by atoms with Crippen molar-refractivity contribution < 1.29 is 19.8 Å². The lowest BCUT2D eigenvalue weighted by atomic mass is 9.96. The van der Waals surface area contributed by atoms with Gasteiger partial charge in [-0.15, -0.1) is 0 Å². The summed E-state index contributed by atoms with van der Waals surface area (Å²) in [6.45, 7) is 3.85. The van der Waals surface area contributed by atoms with Crippen LogP contribution in [0.15, 0.2) is 0 Å². The predicted octanol–water partition coefficient (Wildman–Crippen LogP) is -0.441. The Morgan fingerprint density at radius 1 is 1.35 bits per heavy atom. The SMILES string of the molecule is CC(C)CC(CN)C(=O)N[C@@H](CCO)C(=O)O. The molecule has 0 aromatic heterocycles. The van der Waals surface area contributed by atoms with Crippen molar-refractivity contribution in [2.45, 2.75) is 32.7 Å². The minimum Gasteiger partial charge on any atom is -0.480 e. The molecule has 0 fully saturated rings. The summed E-state index contributed by atoms with van der Waals surface area (Å²) in [5.41, 5.74) is 5.49. The molecular weight excluding hydrogens is 224 g/mol. The zero-order chi connectivity index (χ0) is 13.4. The van der Waals surface area contributed by atoms with E-state index in [0.717, 1.165) is 0 Å². The summed E-state index contributed by atoms with van der Waals surface area (Å²) in [6, 6.07) is -1.05. The third-order valence-corrected chi connectivity index (χ3v) is 2.44. The molecule has 0 aliphatic carbocycles. The predicted molar refractivity (Wildman–Crippen MR) is 63.3 cm³/mol. The fourth-order valence-electron chi connectivity index (χ4n) is 1.56. The largest absolute Gasteiger partial charge is 0.480 e. The van der Waals surface area contributed by atoms with Crippen molar-refractivity contribution in [1.29, 1.82) is 0 Å².